The minimum Gasteiger partial charge on any atom is -0.361 e. The lowest BCUT2D eigenvalue weighted by Gasteiger charge is -2.21. The number of para-hydroxylation sites is 1. The fourth-order valence-corrected chi connectivity index (χ4v) is 6.44. The molecule has 1 heterocycles. The third-order valence-corrected chi connectivity index (χ3v) is 9.73. The van der Waals surface area contributed by atoms with Crippen LogP contribution in [-0.4, -0.2) is 37.9 Å². The zero-order valence-electron chi connectivity index (χ0n) is 27.7. The molecule has 0 aliphatic heterocycles. The number of fused-ring (bicyclic) bond motifs is 1. The normalized spacial score (nSPS) is 13.1. The van der Waals surface area contributed by atoms with E-state index >= 15 is 4.39 Å². The van der Waals surface area contributed by atoms with Crippen molar-refractivity contribution in [2.45, 2.75) is 83.1 Å². The number of carbonyl (C=O) groups excluding carboxylic acids is 2. The Morgan fingerprint density at radius 3 is 2.36 bits per heavy atom. The molecule has 0 saturated heterocycles. The molecule has 0 spiro atoms. The highest BCUT2D eigenvalue weighted by atomic mass is 32.2. The summed E-state index contributed by atoms with van der Waals surface area (Å²) in [6.45, 7) is 10.8. The molecule has 2 unspecified atom stereocenters. The average molecular weight is 664 g/mol. The number of amides is 3. The number of aromatic nitrogens is 1. The number of halogens is 1. The van der Waals surface area contributed by atoms with Crippen LogP contribution in [-0.2, 0) is 26.7 Å². The third-order valence-electron chi connectivity index (χ3n) is 8.33. The van der Waals surface area contributed by atoms with E-state index in [-0.39, 0.29) is 34.0 Å². The van der Waals surface area contributed by atoms with Gasteiger partial charge in [-0.3, -0.25) is 9.52 Å². The van der Waals surface area contributed by atoms with Crippen LogP contribution in [0.2, 0.25) is 0 Å². The average Bonchev–Trinajstić information content (AvgIpc) is 3.44. The maximum Gasteiger partial charge on any atom is 0.319 e. The van der Waals surface area contributed by atoms with Gasteiger partial charge < -0.3 is 20.9 Å². The fourth-order valence-electron chi connectivity index (χ4n) is 5.39. The van der Waals surface area contributed by atoms with Gasteiger partial charge in [0, 0.05) is 36.1 Å². The molecule has 4 aromatic rings. The molecule has 3 aromatic carbocycles. The predicted molar refractivity (Wildman–Crippen MR) is 187 cm³/mol. The number of unbranched alkanes of at least 4 members (excludes halogenated alkanes) is 1. The van der Waals surface area contributed by atoms with Crippen LogP contribution >= 0.6 is 0 Å². The van der Waals surface area contributed by atoms with Crippen LogP contribution < -0.4 is 20.7 Å². The van der Waals surface area contributed by atoms with Crippen molar-refractivity contribution in [3.05, 3.63) is 89.9 Å². The number of hydrogen-bond donors (Lipinski definition) is 5. The zero-order chi connectivity index (χ0) is 34.2. The van der Waals surface area contributed by atoms with E-state index in [1.165, 1.54) is 24.3 Å². The predicted octanol–water partition coefficient (Wildman–Crippen LogP) is 7.47. The van der Waals surface area contributed by atoms with Crippen LogP contribution in [0.15, 0.2) is 77.8 Å². The number of hydrogen-bond acceptors (Lipinski definition) is 4. The minimum atomic E-state index is -3.98. The summed E-state index contributed by atoms with van der Waals surface area (Å²) < 4.78 is 43.4. The number of sulfonamides is 1. The highest BCUT2D eigenvalue weighted by Gasteiger charge is 2.24. The van der Waals surface area contributed by atoms with Crippen molar-refractivity contribution in [3.63, 3.8) is 0 Å². The molecule has 2 atom stereocenters. The van der Waals surface area contributed by atoms with Gasteiger partial charge in [-0.2, -0.15) is 0 Å². The lowest BCUT2D eigenvalue weighted by atomic mass is 9.87. The molecule has 252 valence electrons. The van der Waals surface area contributed by atoms with Crippen molar-refractivity contribution in [1.29, 1.82) is 0 Å². The maximum atomic E-state index is 15.1. The number of aromatic amines is 1. The fraction of sp³-hybridized carbons (Fsp3) is 0.389. The van der Waals surface area contributed by atoms with E-state index in [4.69, 9.17) is 0 Å². The molecule has 0 saturated carbocycles. The number of H-pyrrole nitrogens is 1. The Balaban J connectivity index is 1.45. The number of carbonyl (C=O) groups is 2. The highest BCUT2D eigenvalue weighted by Crippen LogP contribution is 2.26. The molecule has 9 nitrogen and oxygen atoms in total. The SMILES string of the molecule is CCCCC(CC)CNC(=O)C(Cc1c[nH]c2ccccc12)NC(=O)Nc1ccc(NS(=O)(=O)c2ccc(C(C)(C)C)cc2)cc1F. The van der Waals surface area contributed by atoms with Crippen LogP contribution in [0, 0.1) is 11.7 Å². The van der Waals surface area contributed by atoms with Crippen LogP contribution in [0.3, 0.4) is 0 Å². The molecule has 1 aromatic heterocycles. The summed E-state index contributed by atoms with van der Waals surface area (Å²) in [4.78, 5) is 29.8. The van der Waals surface area contributed by atoms with E-state index in [1.807, 2.05) is 51.2 Å². The van der Waals surface area contributed by atoms with Crippen molar-refractivity contribution in [1.82, 2.24) is 15.6 Å². The minimum absolute atomic E-state index is 0.00139. The van der Waals surface area contributed by atoms with Gasteiger partial charge in [-0.15, -0.1) is 0 Å². The Bertz CT molecular complexity index is 1780. The molecule has 11 heteroatoms. The summed E-state index contributed by atoms with van der Waals surface area (Å²) in [5, 5.41) is 9.13. The van der Waals surface area contributed by atoms with Gasteiger partial charge in [0.15, 0.2) is 0 Å². The number of benzene rings is 3. The topological polar surface area (TPSA) is 132 Å². The molecule has 4 rings (SSSR count). The van der Waals surface area contributed by atoms with Gasteiger partial charge in [0.2, 0.25) is 5.91 Å². The number of anilines is 2. The molecule has 3 amide bonds. The monoisotopic (exact) mass is 663 g/mol. The Morgan fingerprint density at radius 2 is 1.70 bits per heavy atom. The van der Waals surface area contributed by atoms with Gasteiger partial charge in [-0.1, -0.05) is 84.2 Å². The van der Waals surface area contributed by atoms with E-state index in [0.29, 0.717) is 12.5 Å². The van der Waals surface area contributed by atoms with Gasteiger partial charge >= 0.3 is 6.03 Å². The van der Waals surface area contributed by atoms with Crippen molar-refractivity contribution >= 4 is 44.2 Å². The summed E-state index contributed by atoms with van der Waals surface area (Å²) >= 11 is 0. The molecule has 0 fully saturated rings. The third kappa shape index (κ3) is 9.57. The van der Waals surface area contributed by atoms with Gasteiger partial charge in [0.05, 0.1) is 16.3 Å². The van der Waals surface area contributed by atoms with Crippen LogP contribution in [0.4, 0.5) is 20.6 Å². The van der Waals surface area contributed by atoms with Crippen molar-refractivity contribution in [2.24, 2.45) is 5.92 Å². The van der Waals surface area contributed by atoms with E-state index in [2.05, 4.69) is 39.5 Å². The molecule has 47 heavy (non-hydrogen) atoms. The van der Waals surface area contributed by atoms with Crippen LogP contribution in [0.5, 0.6) is 0 Å². The Morgan fingerprint density at radius 1 is 0.979 bits per heavy atom. The molecule has 0 aliphatic rings. The number of rotatable bonds is 14. The molecule has 5 N–H and O–H groups in total. The summed E-state index contributed by atoms with van der Waals surface area (Å²) in [7, 11) is -3.98. The second-order valence-corrected chi connectivity index (χ2v) is 14.6. The maximum absolute atomic E-state index is 15.1. The number of urea groups is 1. The van der Waals surface area contributed by atoms with Crippen LogP contribution in [0.25, 0.3) is 10.9 Å². The lowest BCUT2D eigenvalue weighted by molar-refractivity contribution is -0.123. The second-order valence-electron chi connectivity index (χ2n) is 13.0. The van der Waals surface area contributed by atoms with Crippen molar-refractivity contribution < 1.29 is 22.4 Å². The Labute approximate surface area is 277 Å². The first-order valence-electron chi connectivity index (χ1n) is 16.1. The van der Waals surface area contributed by atoms with Gasteiger partial charge in [0.25, 0.3) is 10.0 Å². The van der Waals surface area contributed by atoms with Gasteiger partial charge in [-0.25, -0.2) is 17.6 Å². The smallest absolute Gasteiger partial charge is 0.319 e. The standard InChI is InChI=1S/C36H46FN5O4S/c1-6-8-11-24(7-2)22-39-34(43)33(20-25-23-38-31-13-10-9-12-29(25)31)41-35(44)40-32-19-16-27(21-30(32)37)42-47(45,46)28-17-14-26(15-18-28)36(3,4)5/h9-10,12-19,21,23-24,33,38,42H,6-8,11,20,22H2,1-5H3,(H,39,43)(H2,40,41,44). The van der Waals surface area contributed by atoms with E-state index < -0.39 is 27.9 Å². The Kier molecular flexibility index (Phi) is 11.7. The second kappa shape index (κ2) is 15.5. The lowest BCUT2D eigenvalue weighted by Crippen LogP contribution is -2.50. The molecule has 0 aliphatic carbocycles. The molecular weight excluding hydrogens is 617 g/mol. The van der Waals surface area contributed by atoms with Crippen LogP contribution in [0.1, 0.15) is 71.4 Å². The zero-order valence-corrected chi connectivity index (χ0v) is 28.6. The van der Waals surface area contributed by atoms with Crippen molar-refractivity contribution in [2.75, 3.05) is 16.6 Å². The first-order chi connectivity index (χ1) is 22.3. The molecular formula is C36H46FN5O4S. The van der Waals surface area contributed by atoms with E-state index in [1.54, 1.807) is 12.1 Å². The quantitative estimate of drug-likeness (QED) is 0.0958. The first-order valence-corrected chi connectivity index (χ1v) is 17.6. The summed E-state index contributed by atoms with van der Waals surface area (Å²) in [5.41, 5.74) is 2.44. The first kappa shape index (κ1) is 35.5. The summed E-state index contributed by atoms with van der Waals surface area (Å²) in [6.07, 6.45) is 6.11. The molecule has 0 bridgehead atoms. The largest absolute Gasteiger partial charge is 0.361 e. The summed E-state index contributed by atoms with van der Waals surface area (Å²) in [5.74, 6) is -0.849. The van der Waals surface area contributed by atoms with E-state index in [0.717, 1.165) is 53.8 Å². The highest BCUT2D eigenvalue weighted by molar-refractivity contribution is 7.92. The van der Waals surface area contributed by atoms with E-state index in [9.17, 15) is 18.0 Å². The van der Waals surface area contributed by atoms with Crippen molar-refractivity contribution in [3.8, 4) is 0 Å². The number of nitrogens with one attached hydrogen (secondary N) is 5. The van der Waals surface area contributed by atoms with Gasteiger partial charge in [0.1, 0.15) is 11.9 Å². The van der Waals surface area contributed by atoms with Gasteiger partial charge in [-0.05, 0) is 59.2 Å². The Hall–Kier alpha value is -4.38. The molecule has 0 radical (unpaired) electrons. The summed E-state index contributed by atoms with van der Waals surface area (Å²) in [6, 6.07) is 16.1.